The van der Waals surface area contributed by atoms with E-state index in [0.29, 0.717) is 13.2 Å². The molecule has 2 heterocycles. The number of nitrogens with zero attached hydrogens (tertiary/aromatic N) is 1. The van der Waals surface area contributed by atoms with E-state index >= 15 is 0 Å². The fourth-order valence-corrected chi connectivity index (χ4v) is 3.68. The molecule has 2 atom stereocenters. The SMILES string of the molecule is FC(F)(F)c1cccc(C2CCN(CC3COc4ccccc4O3)C2)c1. The lowest BCUT2D eigenvalue weighted by Gasteiger charge is -2.29. The maximum atomic E-state index is 12.9. The molecule has 2 unspecified atom stereocenters. The molecule has 26 heavy (non-hydrogen) atoms. The average Bonchev–Trinajstić information content (AvgIpc) is 3.09. The number of halogens is 3. The van der Waals surface area contributed by atoms with Crippen LogP contribution >= 0.6 is 0 Å². The highest BCUT2D eigenvalue weighted by Crippen LogP contribution is 2.35. The Kier molecular flexibility index (Phi) is 4.53. The summed E-state index contributed by atoms with van der Waals surface area (Å²) in [5.74, 6) is 1.62. The maximum absolute atomic E-state index is 12.9. The zero-order chi connectivity index (χ0) is 18.1. The summed E-state index contributed by atoms with van der Waals surface area (Å²) in [5.41, 5.74) is 0.183. The molecule has 0 spiro atoms. The van der Waals surface area contributed by atoms with Crippen LogP contribution in [0.1, 0.15) is 23.5 Å². The molecule has 0 amide bonds. The summed E-state index contributed by atoms with van der Waals surface area (Å²) in [6.45, 7) is 2.79. The normalized spacial score (nSPS) is 23.2. The Morgan fingerprint density at radius 3 is 2.65 bits per heavy atom. The Balaban J connectivity index is 1.38. The molecule has 0 N–H and O–H groups in total. The standard InChI is InChI=1S/C20H20F3NO2/c21-20(22,23)16-5-3-4-14(10-16)15-8-9-24(11-15)12-17-13-25-18-6-1-2-7-19(18)26-17/h1-7,10,15,17H,8-9,11-13H2. The van der Waals surface area contributed by atoms with E-state index in [2.05, 4.69) is 4.90 Å². The van der Waals surface area contributed by atoms with Gasteiger partial charge in [0.1, 0.15) is 12.7 Å². The second kappa shape index (κ2) is 6.83. The molecule has 2 aromatic carbocycles. The second-order valence-electron chi connectivity index (χ2n) is 6.87. The monoisotopic (exact) mass is 363 g/mol. The van der Waals surface area contributed by atoms with Crippen LogP contribution in [0.25, 0.3) is 0 Å². The quantitative estimate of drug-likeness (QED) is 0.810. The topological polar surface area (TPSA) is 21.7 Å². The highest BCUT2D eigenvalue weighted by Gasteiger charge is 2.33. The summed E-state index contributed by atoms with van der Waals surface area (Å²) < 4.78 is 50.5. The van der Waals surface area contributed by atoms with Gasteiger partial charge in [-0.1, -0.05) is 30.3 Å². The number of hydrogen-bond acceptors (Lipinski definition) is 3. The smallest absolute Gasteiger partial charge is 0.416 e. The fourth-order valence-electron chi connectivity index (χ4n) is 3.68. The van der Waals surface area contributed by atoms with Gasteiger partial charge in [0.15, 0.2) is 11.5 Å². The van der Waals surface area contributed by atoms with Crippen molar-refractivity contribution in [2.24, 2.45) is 0 Å². The molecule has 0 aromatic heterocycles. The summed E-state index contributed by atoms with van der Waals surface area (Å²) >= 11 is 0. The van der Waals surface area contributed by atoms with Crippen LogP contribution in [0.4, 0.5) is 13.2 Å². The van der Waals surface area contributed by atoms with Crippen LogP contribution in [0.2, 0.25) is 0 Å². The van der Waals surface area contributed by atoms with E-state index in [1.807, 2.05) is 24.3 Å². The van der Waals surface area contributed by atoms with Gasteiger partial charge in [0, 0.05) is 13.1 Å². The van der Waals surface area contributed by atoms with Gasteiger partial charge < -0.3 is 9.47 Å². The van der Waals surface area contributed by atoms with Gasteiger partial charge in [0.25, 0.3) is 0 Å². The van der Waals surface area contributed by atoms with Crippen LogP contribution < -0.4 is 9.47 Å². The largest absolute Gasteiger partial charge is 0.486 e. The van der Waals surface area contributed by atoms with Crippen molar-refractivity contribution in [3.8, 4) is 11.5 Å². The number of ether oxygens (including phenoxy) is 2. The van der Waals surface area contributed by atoms with Crippen LogP contribution in [0.15, 0.2) is 48.5 Å². The van der Waals surface area contributed by atoms with E-state index < -0.39 is 11.7 Å². The maximum Gasteiger partial charge on any atom is 0.416 e. The highest BCUT2D eigenvalue weighted by molar-refractivity contribution is 5.40. The first-order valence-corrected chi connectivity index (χ1v) is 8.77. The first-order valence-electron chi connectivity index (χ1n) is 8.77. The van der Waals surface area contributed by atoms with Gasteiger partial charge in [-0.25, -0.2) is 0 Å². The Morgan fingerprint density at radius 2 is 1.85 bits per heavy atom. The van der Waals surface area contributed by atoms with E-state index in [1.54, 1.807) is 6.07 Å². The number of rotatable bonds is 3. The number of benzene rings is 2. The zero-order valence-corrected chi connectivity index (χ0v) is 14.2. The second-order valence-corrected chi connectivity index (χ2v) is 6.87. The number of para-hydroxylation sites is 2. The lowest BCUT2D eigenvalue weighted by Crippen LogP contribution is -2.40. The van der Waals surface area contributed by atoms with Crippen LogP contribution in [0.3, 0.4) is 0 Å². The molecule has 2 aromatic rings. The summed E-state index contributed by atoms with van der Waals surface area (Å²) in [4.78, 5) is 2.24. The van der Waals surface area contributed by atoms with Crippen molar-refractivity contribution in [1.82, 2.24) is 4.90 Å². The highest BCUT2D eigenvalue weighted by atomic mass is 19.4. The number of alkyl halides is 3. The molecular weight excluding hydrogens is 343 g/mol. The minimum Gasteiger partial charge on any atom is -0.486 e. The minimum absolute atomic E-state index is 0.0647. The summed E-state index contributed by atoms with van der Waals surface area (Å²) in [6.07, 6.45) is -3.51. The minimum atomic E-state index is -4.30. The fraction of sp³-hybridized carbons (Fsp3) is 0.400. The molecule has 1 fully saturated rings. The van der Waals surface area contributed by atoms with Gasteiger partial charge in [0.05, 0.1) is 5.56 Å². The molecule has 2 aliphatic heterocycles. The third-order valence-electron chi connectivity index (χ3n) is 4.99. The van der Waals surface area contributed by atoms with Gasteiger partial charge >= 0.3 is 6.18 Å². The van der Waals surface area contributed by atoms with Crippen molar-refractivity contribution in [2.45, 2.75) is 24.6 Å². The number of likely N-dealkylation sites (tertiary alicyclic amines) is 1. The van der Waals surface area contributed by atoms with Gasteiger partial charge in [-0.05, 0) is 42.6 Å². The molecular formula is C20H20F3NO2. The van der Waals surface area contributed by atoms with Crippen LogP contribution in [-0.2, 0) is 6.18 Å². The van der Waals surface area contributed by atoms with E-state index in [4.69, 9.17) is 9.47 Å². The van der Waals surface area contributed by atoms with E-state index in [1.165, 1.54) is 12.1 Å². The number of hydrogen-bond donors (Lipinski definition) is 0. The average molecular weight is 363 g/mol. The molecule has 0 radical (unpaired) electrons. The lowest BCUT2D eigenvalue weighted by atomic mass is 9.96. The molecule has 0 saturated carbocycles. The Bertz CT molecular complexity index is 778. The van der Waals surface area contributed by atoms with Crippen molar-refractivity contribution in [1.29, 1.82) is 0 Å². The molecule has 0 aliphatic carbocycles. The Hall–Kier alpha value is -2.21. The van der Waals surface area contributed by atoms with Crippen LogP contribution in [0.5, 0.6) is 11.5 Å². The van der Waals surface area contributed by atoms with Crippen molar-refractivity contribution in [2.75, 3.05) is 26.2 Å². The molecule has 3 nitrogen and oxygen atoms in total. The first-order chi connectivity index (χ1) is 12.5. The van der Waals surface area contributed by atoms with Crippen molar-refractivity contribution in [3.63, 3.8) is 0 Å². The molecule has 4 rings (SSSR count). The third kappa shape index (κ3) is 3.65. The Labute approximate surface area is 150 Å². The number of fused-ring (bicyclic) bond motifs is 1. The zero-order valence-electron chi connectivity index (χ0n) is 14.2. The van der Waals surface area contributed by atoms with Crippen molar-refractivity contribution < 1.29 is 22.6 Å². The van der Waals surface area contributed by atoms with Crippen molar-refractivity contribution >= 4 is 0 Å². The lowest BCUT2D eigenvalue weighted by molar-refractivity contribution is -0.137. The predicted octanol–water partition coefficient (Wildman–Crippen LogP) is 4.33. The summed E-state index contributed by atoms with van der Waals surface area (Å²) in [6, 6.07) is 13.3. The van der Waals surface area contributed by atoms with Gasteiger partial charge in [-0.2, -0.15) is 13.2 Å². The summed E-state index contributed by atoms with van der Waals surface area (Å²) in [7, 11) is 0. The van der Waals surface area contributed by atoms with Crippen LogP contribution in [-0.4, -0.2) is 37.2 Å². The van der Waals surface area contributed by atoms with E-state index in [0.717, 1.165) is 42.6 Å². The Morgan fingerprint density at radius 1 is 1.04 bits per heavy atom. The predicted molar refractivity (Wildman–Crippen MR) is 91.6 cm³/mol. The molecule has 138 valence electrons. The third-order valence-corrected chi connectivity index (χ3v) is 4.99. The van der Waals surface area contributed by atoms with Crippen LogP contribution in [0, 0.1) is 0 Å². The summed E-state index contributed by atoms with van der Waals surface area (Å²) in [5, 5.41) is 0. The molecule has 1 saturated heterocycles. The molecule has 6 heteroatoms. The molecule has 2 aliphatic rings. The van der Waals surface area contributed by atoms with Gasteiger partial charge in [0.2, 0.25) is 0 Å². The van der Waals surface area contributed by atoms with Gasteiger partial charge in [-0.3, -0.25) is 4.90 Å². The van der Waals surface area contributed by atoms with Crippen molar-refractivity contribution in [3.05, 3.63) is 59.7 Å². The first kappa shape index (κ1) is 17.2. The van der Waals surface area contributed by atoms with Gasteiger partial charge in [-0.15, -0.1) is 0 Å². The molecule has 0 bridgehead atoms. The van der Waals surface area contributed by atoms with E-state index in [-0.39, 0.29) is 12.0 Å². The van der Waals surface area contributed by atoms with E-state index in [9.17, 15) is 13.2 Å².